The molecule has 1 heterocycles. The molecule has 0 bridgehead atoms. The molecule has 0 aliphatic rings. The van der Waals surface area contributed by atoms with Crippen LogP contribution >= 0.6 is 0 Å². The number of rotatable bonds is 7. The number of carbonyl (C=O) groups excluding carboxylic acids is 2. The van der Waals surface area contributed by atoms with Crippen LogP contribution in [-0.2, 0) is 4.74 Å². The van der Waals surface area contributed by atoms with Gasteiger partial charge in [-0.25, -0.2) is 4.79 Å². The van der Waals surface area contributed by atoms with E-state index >= 15 is 0 Å². The molecular formula is C19H23N3O3. The summed E-state index contributed by atoms with van der Waals surface area (Å²) in [6, 6.07) is 10.4. The topological polar surface area (TPSA) is 80.3 Å². The normalized spacial score (nSPS) is 10.4. The molecule has 25 heavy (non-hydrogen) atoms. The Kier molecular flexibility index (Phi) is 6.51. The Bertz CT molecular complexity index is 744. The molecule has 1 aromatic carbocycles. The Morgan fingerprint density at radius 2 is 1.96 bits per heavy atom. The minimum Gasteiger partial charge on any atom is -0.465 e. The minimum atomic E-state index is -0.427. The molecule has 0 spiro atoms. The van der Waals surface area contributed by atoms with E-state index in [-0.39, 0.29) is 5.91 Å². The van der Waals surface area contributed by atoms with Crippen LogP contribution in [0.4, 0.5) is 11.4 Å². The van der Waals surface area contributed by atoms with Gasteiger partial charge >= 0.3 is 5.97 Å². The minimum absolute atomic E-state index is 0.217. The summed E-state index contributed by atoms with van der Waals surface area (Å²) in [4.78, 5) is 28.1. The molecule has 0 aliphatic carbocycles. The molecule has 1 aromatic heterocycles. The third kappa shape index (κ3) is 5.31. The molecule has 0 saturated carbocycles. The van der Waals surface area contributed by atoms with Crippen LogP contribution in [0.15, 0.2) is 42.6 Å². The van der Waals surface area contributed by atoms with Gasteiger partial charge in [0, 0.05) is 18.4 Å². The van der Waals surface area contributed by atoms with Gasteiger partial charge in [0.2, 0.25) is 0 Å². The molecule has 1 amide bonds. The Balaban J connectivity index is 2.12. The zero-order valence-electron chi connectivity index (χ0n) is 14.7. The van der Waals surface area contributed by atoms with Gasteiger partial charge in [-0.3, -0.25) is 9.78 Å². The second kappa shape index (κ2) is 8.82. The summed E-state index contributed by atoms with van der Waals surface area (Å²) in [7, 11) is 1.34. The second-order valence-electron chi connectivity index (χ2n) is 6.03. The number of aromatic nitrogens is 1. The van der Waals surface area contributed by atoms with Crippen molar-refractivity contribution in [3.05, 3.63) is 53.9 Å². The van der Waals surface area contributed by atoms with Crippen molar-refractivity contribution >= 4 is 23.3 Å². The monoisotopic (exact) mass is 341 g/mol. The van der Waals surface area contributed by atoms with E-state index in [1.807, 2.05) is 6.07 Å². The average molecular weight is 341 g/mol. The number of nitrogens with zero attached hydrogens (tertiary/aromatic N) is 1. The fraction of sp³-hybridized carbons (Fsp3) is 0.316. The number of anilines is 2. The van der Waals surface area contributed by atoms with E-state index in [1.165, 1.54) is 7.11 Å². The summed E-state index contributed by atoms with van der Waals surface area (Å²) < 4.78 is 4.78. The lowest BCUT2D eigenvalue weighted by molar-refractivity contribution is 0.0601. The van der Waals surface area contributed by atoms with E-state index in [9.17, 15) is 9.59 Å². The number of hydrogen-bond acceptors (Lipinski definition) is 5. The van der Waals surface area contributed by atoms with Crippen molar-refractivity contribution in [3.63, 3.8) is 0 Å². The second-order valence-corrected chi connectivity index (χ2v) is 6.03. The third-order valence-electron chi connectivity index (χ3n) is 3.61. The average Bonchev–Trinajstić information content (AvgIpc) is 2.61. The summed E-state index contributed by atoms with van der Waals surface area (Å²) in [5.74, 6) is -0.120. The standard InChI is InChI=1S/C19H23N3O3/c1-13(2)8-10-21-18(23)17-12-14(9-11-20-17)22-16-7-5-4-6-15(16)19(24)25-3/h4-7,9,11-13H,8,10H2,1-3H3,(H,20,22)(H,21,23). The van der Waals surface area contributed by atoms with Crippen molar-refractivity contribution in [2.75, 3.05) is 19.0 Å². The van der Waals surface area contributed by atoms with Crippen LogP contribution in [0.25, 0.3) is 0 Å². The maximum absolute atomic E-state index is 12.2. The maximum atomic E-state index is 12.2. The Hall–Kier alpha value is -2.89. The molecule has 0 unspecified atom stereocenters. The van der Waals surface area contributed by atoms with Crippen molar-refractivity contribution in [3.8, 4) is 0 Å². The number of carbonyl (C=O) groups is 2. The number of amides is 1. The van der Waals surface area contributed by atoms with Crippen LogP contribution in [0.3, 0.4) is 0 Å². The van der Waals surface area contributed by atoms with Crippen LogP contribution in [0.1, 0.15) is 41.1 Å². The first-order valence-electron chi connectivity index (χ1n) is 8.20. The van der Waals surface area contributed by atoms with E-state index in [4.69, 9.17) is 4.74 Å². The molecule has 6 nitrogen and oxygen atoms in total. The van der Waals surface area contributed by atoms with Gasteiger partial charge < -0.3 is 15.4 Å². The van der Waals surface area contributed by atoms with Gasteiger partial charge in [0.05, 0.1) is 18.4 Å². The molecule has 0 aliphatic heterocycles. The third-order valence-corrected chi connectivity index (χ3v) is 3.61. The van der Waals surface area contributed by atoms with Gasteiger partial charge in [0.25, 0.3) is 5.91 Å². The van der Waals surface area contributed by atoms with Crippen LogP contribution in [0, 0.1) is 5.92 Å². The quantitative estimate of drug-likeness (QED) is 0.755. The SMILES string of the molecule is COC(=O)c1ccccc1Nc1ccnc(C(=O)NCCC(C)C)c1. The van der Waals surface area contributed by atoms with Crippen molar-refractivity contribution in [1.82, 2.24) is 10.3 Å². The van der Waals surface area contributed by atoms with Gasteiger partial charge in [-0.05, 0) is 36.6 Å². The number of pyridine rings is 1. The molecule has 2 aromatic rings. The largest absolute Gasteiger partial charge is 0.465 e. The number of para-hydroxylation sites is 1. The summed E-state index contributed by atoms with van der Waals surface area (Å²) in [5.41, 5.74) is 2.01. The van der Waals surface area contributed by atoms with E-state index in [0.29, 0.717) is 35.1 Å². The van der Waals surface area contributed by atoms with Crippen LogP contribution < -0.4 is 10.6 Å². The van der Waals surface area contributed by atoms with Crippen molar-refractivity contribution in [1.29, 1.82) is 0 Å². The lowest BCUT2D eigenvalue weighted by atomic mass is 10.1. The Morgan fingerprint density at radius 3 is 2.68 bits per heavy atom. The zero-order valence-corrected chi connectivity index (χ0v) is 14.7. The van der Waals surface area contributed by atoms with Crippen molar-refractivity contribution in [2.24, 2.45) is 5.92 Å². The van der Waals surface area contributed by atoms with Gasteiger partial charge in [0.15, 0.2) is 0 Å². The first-order valence-corrected chi connectivity index (χ1v) is 8.20. The van der Waals surface area contributed by atoms with Gasteiger partial charge in [-0.2, -0.15) is 0 Å². The molecule has 132 valence electrons. The number of nitrogens with one attached hydrogen (secondary N) is 2. The van der Waals surface area contributed by atoms with E-state index in [1.54, 1.807) is 36.5 Å². The predicted octanol–water partition coefficient (Wildman–Crippen LogP) is 3.39. The smallest absolute Gasteiger partial charge is 0.339 e. The summed E-state index contributed by atoms with van der Waals surface area (Å²) in [5, 5.41) is 5.99. The first-order chi connectivity index (χ1) is 12.0. The maximum Gasteiger partial charge on any atom is 0.339 e. The molecule has 0 atom stereocenters. The fourth-order valence-corrected chi connectivity index (χ4v) is 2.23. The fourth-order valence-electron chi connectivity index (χ4n) is 2.23. The van der Waals surface area contributed by atoms with E-state index in [0.717, 1.165) is 6.42 Å². The van der Waals surface area contributed by atoms with E-state index in [2.05, 4.69) is 29.5 Å². The molecular weight excluding hydrogens is 318 g/mol. The van der Waals surface area contributed by atoms with Gasteiger partial charge in [-0.15, -0.1) is 0 Å². The van der Waals surface area contributed by atoms with Crippen LogP contribution in [0.2, 0.25) is 0 Å². The molecule has 6 heteroatoms. The van der Waals surface area contributed by atoms with E-state index < -0.39 is 5.97 Å². The van der Waals surface area contributed by atoms with Gasteiger partial charge in [-0.1, -0.05) is 26.0 Å². The number of benzene rings is 1. The molecule has 0 radical (unpaired) electrons. The summed E-state index contributed by atoms with van der Waals surface area (Å²) in [6.45, 7) is 4.82. The summed E-state index contributed by atoms with van der Waals surface area (Å²) >= 11 is 0. The first kappa shape index (κ1) is 18.4. The summed E-state index contributed by atoms with van der Waals surface area (Å²) in [6.07, 6.45) is 2.47. The highest BCUT2D eigenvalue weighted by atomic mass is 16.5. The number of esters is 1. The molecule has 2 rings (SSSR count). The number of hydrogen-bond donors (Lipinski definition) is 2. The highest BCUT2D eigenvalue weighted by Crippen LogP contribution is 2.21. The zero-order chi connectivity index (χ0) is 18.2. The molecule has 2 N–H and O–H groups in total. The highest BCUT2D eigenvalue weighted by molar-refractivity contribution is 5.97. The van der Waals surface area contributed by atoms with Crippen molar-refractivity contribution < 1.29 is 14.3 Å². The molecule has 0 fully saturated rings. The predicted molar refractivity (Wildman–Crippen MR) is 97.1 cm³/mol. The lowest BCUT2D eigenvalue weighted by Gasteiger charge is -2.12. The van der Waals surface area contributed by atoms with Gasteiger partial charge in [0.1, 0.15) is 5.69 Å². The van der Waals surface area contributed by atoms with Crippen LogP contribution in [0.5, 0.6) is 0 Å². The Labute approximate surface area is 147 Å². The van der Waals surface area contributed by atoms with Crippen molar-refractivity contribution in [2.45, 2.75) is 20.3 Å². The van der Waals surface area contributed by atoms with Crippen LogP contribution in [-0.4, -0.2) is 30.5 Å². The Morgan fingerprint density at radius 1 is 1.20 bits per heavy atom. The highest BCUT2D eigenvalue weighted by Gasteiger charge is 2.12. The lowest BCUT2D eigenvalue weighted by Crippen LogP contribution is -2.26. The number of methoxy groups -OCH3 is 1. The number of ether oxygens (including phenoxy) is 1. The molecule has 0 saturated heterocycles.